The second-order valence-corrected chi connectivity index (χ2v) is 3.34. The molecule has 1 rings (SSSR count). The Hall–Kier alpha value is 0.270. The quantitative estimate of drug-likeness (QED) is 0.479. The van der Waals surface area contributed by atoms with Gasteiger partial charge in [-0.15, -0.1) is 0 Å². The normalized spacial score (nSPS) is 39.8. The molecule has 3 heteroatoms. The minimum atomic E-state index is 0.244. The summed E-state index contributed by atoms with van der Waals surface area (Å²) in [6, 6.07) is 0.505. The van der Waals surface area contributed by atoms with E-state index in [1.807, 2.05) is 11.8 Å². The fourth-order valence-corrected chi connectivity index (χ4v) is 1.90. The highest BCUT2D eigenvalue weighted by atomic mass is 32.2. The maximum absolute atomic E-state index is 5.64. The lowest BCUT2D eigenvalue weighted by molar-refractivity contribution is 0.542. The van der Waals surface area contributed by atoms with Crippen molar-refractivity contribution in [2.75, 3.05) is 11.5 Å². The first-order valence-electron chi connectivity index (χ1n) is 2.89. The Balaban J connectivity index is 2.28. The third-order valence-corrected chi connectivity index (χ3v) is 2.60. The molecule has 0 radical (unpaired) electrons. The van der Waals surface area contributed by atoms with Crippen LogP contribution >= 0.6 is 11.8 Å². The largest absolute Gasteiger partial charge is 0.326 e. The van der Waals surface area contributed by atoms with Crippen LogP contribution in [0.25, 0.3) is 0 Å². The summed E-state index contributed by atoms with van der Waals surface area (Å²) < 4.78 is 0. The zero-order chi connectivity index (χ0) is 5.98. The SMILES string of the molecule is NC1CCSCC1N. The Kier molecular flexibility index (Phi) is 2.16. The van der Waals surface area contributed by atoms with Gasteiger partial charge in [0.2, 0.25) is 0 Å². The highest BCUT2D eigenvalue weighted by Gasteiger charge is 2.16. The van der Waals surface area contributed by atoms with Gasteiger partial charge in [-0.1, -0.05) is 0 Å². The summed E-state index contributed by atoms with van der Waals surface area (Å²) in [7, 11) is 0. The van der Waals surface area contributed by atoms with Gasteiger partial charge in [-0.05, 0) is 12.2 Å². The summed E-state index contributed by atoms with van der Waals surface area (Å²) in [5, 5.41) is 0. The van der Waals surface area contributed by atoms with E-state index in [2.05, 4.69) is 0 Å². The second kappa shape index (κ2) is 2.71. The van der Waals surface area contributed by atoms with Gasteiger partial charge in [0.05, 0.1) is 0 Å². The molecule has 2 nitrogen and oxygen atoms in total. The third-order valence-electron chi connectivity index (χ3n) is 1.46. The molecule has 0 aromatic carbocycles. The van der Waals surface area contributed by atoms with Crippen LogP contribution < -0.4 is 11.5 Å². The molecule has 1 aliphatic heterocycles. The lowest BCUT2D eigenvalue weighted by Gasteiger charge is -2.23. The predicted octanol–water partition coefficient (Wildman–Crippen LogP) is -0.222. The highest BCUT2D eigenvalue weighted by Crippen LogP contribution is 2.14. The standard InChI is InChI=1S/C5H12N2S/c6-4-1-2-8-3-5(4)7/h4-5H,1-3,6-7H2. The summed E-state index contributed by atoms with van der Waals surface area (Å²) in [5.74, 6) is 2.23. The molecule has 0 spiro atoms. The Morgan fingerprint density at radius 1 is 1.25 bits per heavy atom. The van der Waals surface area contributed by atoms with Gasteiger partial charge in [0.1, 0.15) is 0 Å². The van der Waals surface area contributed by atoms with Gasteiger partial charge in [0.15, 0.2) is 0 Å². The van der Waals surface area contributed by atoms with E-state index >= 15 is 0 Å². The fraction of sp³-hybridized carbons (Fsp3) is 1.00. The summed E-state index contributed by atoms with van der Waals surface area (Å²) in [6.07, 6.45) is 1.09. The van der Waals surface area contributed by atoms with Crippen molar-refractivity contribution in [3.05, 3.63) is 0 Å². The van der Waals surface area contributed by atoms with E-state index in [0.717, 1.165) is 12.2 Å². The molecule has 0 aliphatic carbocycles. The summed E-state index contributed by atoms with van der Waals surface area (Å²) in [4.78, 5) is 0. The zero-order valence-corrected chi connectivity index (χ0v) is 5.66. The lowest BCUT2D eigenvalue weighted by atomic mass is 10.1. The van der Waals surface area contributed by atoms with Crippen molar-refractivity contribution in [1.82, 2.24) is 0 Å². The maximum atomic E-state index is 5.64. The lowest BCUT2D eigenvalue weighted by Crippen LogP contribution is -2.45. The Labute approximate surface area is 54.0 Å². The van der Waals surface area contributed by atoms with Crippen LogP contribution in [0.4, 0.5) is 0 Å². The molecular weight excluding hydrogens is 120 g/mol. The van der Waals surface area contributed by atoms with Crippen molar-refractivity contribution >= 4 is 11.8 Å². The van der Waals surface area contributed by atoms with E-state index in [1.165, 1.54) is 5.75 Å². The van der Waals surface area contributed by atoms with Crippen LogP contribution in [-0.4, -0.2) is 23.6 Å². The van der Waals surface area contributed by atoms with Crippen LogP contribution in [0.15, 0.2) is 0 Å². The van der Waals surface area contributed by atoms with E-state index in [-0.39, 0.29) is 12.1 Å². The van der Waals surface area contributed by atoms with Gasteiger partial charge in [0, 0.05) is 17.8 Å². The minimum Gasteiger partial charge on any atom is -0.326 e. The molecule has 0 aromatic heterocycles. The Morgan fingerprint density at radius 2 is 2.00 bits per heavy atom. The second-order valence-electron chi connectivity index (χ2n) is 2.19. The summed E-state index contributed by atoms with van der Waals surface area (Å²) >= 11 is 1.90. The number of thioether (sulfide) groups is 1. The average Bonchev–Trinajstić information content (AvgIpc) is 1.77. The molecule has 8 heavy (non-hydrogen) atoms. The molecule has 1 heterocycles. The van der Waals surface area contributed by atoms with E-state index in [1.54, 1.807) is 0 Å². The van der Waals surface area contributed by atoms with Crippen LogP contribution in [0.1, 0.15) is 6.42 Å². The highest BCUT2D eigenvalue weighted by molar-refractivity contribution is 7.99. The average molecular weight is 132 g/mol. The molecule has 0 bridgehead atoms. The molecule has 48 valence electrons. The van der Waals surface area contributed by atoms with Gasteiger partial charge in [-0.25, -0.2) is 0 Å². The molecule has 2 atom stereocenters. The number of hydrogen-bond donors (Lipinski definition) is 2. The van der Waals surface area contributed by atoms with Crippen LogP contribution in [0.3, 0.4) is 0 Å². The van der Waals surface area contributed by atoms with Crippen molar-refractivity contribution in [3.63, 3.8) is 0 Å². The number of hydrogen-bond acceptors (Lipinski definition) is 3. The monoisotopic (exact) mass is 132 g/mol. The smallest absolute Gasteiger partial charge is 0.0284 e. The van der Waals surface area contributed by atoms with Crippen LogP contribution in [0.2, 0.25) is 0 Å². The molecule has 2 unspecified atom stereocenters. The molecule has 0 aromatic rings. The summed E-state index contributed by atoms with van der Waals surface area (Å²) in [6.45, 7) is 0. The van der Waals surface area contributed by atoms with Gasteiger partial charge in [0.25, 0.3) is 0 Å². The zero-order valence-electron chi connectivity index (χ0n) is 4.84. The Bertz CT molecular complexity index is 66.8. The molecule has 1 aliphatic rings. The molecule has 1 saturated heterocycles. The van der Waals surface area contributed by atoms with E-state index in [4.69, 9.17) is 11.5 Å². The molecule has 1 fully saturated rings. The first kappa shape index (κ1) is 6.39. The van der Waals surface area contributed by atoms with Crippen molar-refractivity contribution in [2.24, 2.45) is 11.5 Å². The number of nitrogens with two attached hydrogens (primary N) is 2. The first-order chi connectivity index (χ1) is 3.80. The Morgan fingerprint density at radius 3 is 2.38 bits per heavy atom. The van der Waals surface area contributed by atoms with Gasteiger partial charge >= 0.3 is 0 Å². The van der Waals surface area contributed by atoms with E-state index in [9.17, 15) is 0 Å². The number of rotatable bonds is 0. The van der Waals surface area contributed by atoms with Gasteiger partial charge in [-0.2, -0.15) is 11.8 Å². The van der Waals surface area contributed by atoms with Crippen molar-refractivity contribution in [2.45, 2.75) is 18.5 Å². The molecule has 0 saturated carbocycles. The van der Waals surface area contributed by atoms with Gasteiger partial charge < -0.3 is 11.5 Å². The van der Waals surface area contributed by atoms with Crippen molar-refractivity contribution in [1.29, 1.82) is 0 Å². The van der Waals surface area contributed by atoms with Crippen molar-refractivity contribution in [3.8, 4) is 0 Å². The molecule has 4 N–H and O–H groups in total. The van der Waals surface area contributed by atoms with Crippen LogP contribution in [-0.2, 0) is 0 Å². The van der Waals surface area contributed by atoms with E-state index < -0.39 is 0 Å². The first-order valence-corrected chi connectivity index (χ1v) is 4.05. The molecular formula is C5H12N2S. The summed E-state index contributed by atoms with van der Waals surface area (Å²) in [5.41, 5.74) is 11.3. The van der Waals surface area contributed by atoms with Crippen LogP contribution in [0.5, 0.6) is 0 Å². The topological polar surface area (TPSA) is 52.0 Å². The van der Waals surface area contributed by atoms with Gasteiger partial charge in [-0.3, -0.25) is 0 Å². The maximum Gasteiger partial charge on any atom is 0.0284 e. The molecule has 0 amide bonds. The third kappa shape index (κ3) is 1.37. The predicted molar refractivity (Wildman–Crippen MR) is 37.9 cm³/mol. The van der Waals surface area contributed by atoms with E-state index in [0.29, 0.717) is 0 Å². The van der Waals surface area contributed by atoms with Crippen LogP contribution in [0, 0.1) is 0 Å². The minimum absolute atomic E-state index is 0.244. The van der Waals surface area contributed by atoms with Crippen molar-refractivity contribution < 1.29 is 0 Å². The fourth-order valence-electron chi connectivity index (χ4n) is 0.777.